The van der Waals surface area contributed by atoms with Crippen LogP contribution in [0.1, 0.15) is 5.56 Å². The van der Waals surface area contributed by atoms with Crippen molar-refractivity contribution in [3.8, 4) is 17.1 Å². The SMILES string of the molecule is Cc1ccc(-c2nc3c(F)cc(F)cc3[nH]2)c(O)c1. The number of nitrogens with one attached hydrogen (secondary N) is 1. The molecule has 0 saturated carbocycles. The highest BCUT2D eigenvalue weighted by Crippen LogP contribution is 2.30. The van der Waals surface area contributed by atoms with E-state index in [0.29, 0.717) is 11.4 Å². The molecule has 3 aromatic rings. The number of aryl methyl sites for hydroxylation is 1. The normalized spacial score (nSPS) is 11.1. The minimum atomic E-state index is -0.732. The molecular weight excluding hydrogens is 250 g/mol. The molecule has 0 amide bonds. The molecule has 3 nitrogen and oxygen atoms in total. The van der Waals surface area contributed by atoms with Gasteiger partial charge >= 0.3 is 0 Å². The fourth-order valence-corrected chi connectivity index (χ4v) is 2.01. The summed E-state index contributed by atoms with van der Waals surface area (Å²) in [5.41, 5.74) is 1.65. The van der Waals surface area contributed by atoms with Crippen molar-refractivity contribution < 1.29 is 13.9 Å². The number of phenols is 1. The molecule has 2 N–H and O–H groups in total. The van der Waals surface area contributed by atoms with E-state index in [0.717, 1.165) is 11.6 Å². The van der Waals surface area contributed by atoms with E-state index in [1.54, 1.807) is 18.2 Å². The van der Waals surface area contributed by atoms with Crippen LogP contribution in [0.25, 0.3) is 22.4 Å². The number of aromatic nitrogens is 2. The molecule has 0 unspecified atom stereocenters. The molecule has 5 heteroatoms. The molecule has 0 aliphatic carbocycles. The van der Waals surface area contributed by atoms with Crippen molar-refractivity contribution in [1.82, 2.24) is 9.97 Å². The first kappa shape index (κ1) is 11.6. The lowest BCUT2D eigenvalue weighted by molar-refractivity contribution is 0.476. The number of aromatic hydroxyl groups is 1. The number of aromatic amines is 1. The monoisotopic (exact) mass is 260 g/mol. The summed E-state index contributed by atoms with van der Waals surface area (Å²) in [5, 5.41) is 9.87. The molecule has 1 aromatic heterocycles. The van der Waals surface area contributed by atoms with Gasteiger partial charge in [0.1, 0.15) is 22.9 Å². The molecule has 2 aromatic carbocycles. The smallest absolute Gasteiger partial charge is 0.153 e. The number of rotatable bonds is 1. The number of benzene rings is 2. The van der Waals surface area contributed by atoms with E-state index >= 15 is 0 Å². The van der Waals surface area contributed by atoms with Crippen LogP contribution in [0.15, 0.2) is 30.3 Å². The Labute approximate surface area is 107 Å². The number of H-pyrrole nitrogens is 1. The van der Waals surface area contributed by atoms with Crippen molar-refractivity contribution in [3.63, 3.8) is 0 Å². The highest BCUT2D eigenvalue weighted by Gasteiger charge is 2.13. The number of hydrogen-bond acceptors (Lipinski definition) is 2. The zero-order valence-corrected chi connectivity index (χ0v) is 10.0. The Morgan fingerprint density at radius 2 is 1.95 bits per heavy atom. The number of halogens is 2. The van der Waals surface area contributed by atoms with E-state index in [2.05, 4.69) is 9.97 Å². The van der Waals surface area contributed by atoms with Crippen LogP contribution in [0.2, 0.25) is 0 Å². The molecule has 0 bridgehead atoms. The Balaban J connectivity index is 2.23. The molecule has 0 atom stereocenters. The zero-order valence-electron chi connectivity index (χ0n) is 10.0. The van der Waals surface area contributed by atoms with Crippen LogP contribution < -0.4 is 0 Å². The van der Waals surface area contributed by atoms with Crippen LogP contribution in [0, 0.1) is 18.6 Å². The summed E-state index contributed by atoms with van der Waals surface area (Å²) in [6.45, 7) is 1.84. The van der Waals surface area contributed by atoms with Crippen molar-refractivity contribution >= 4 is 11.0 Å². The Bertz CT molecular complexity index is 780. The summed E-state index contributed by atoms with van der Waals surface area (Å²) in [6, 6.07) is 7.01. The molecule has 0 saturated heterocycles. The van der Waals surface area contributed by atoms with E-state index in [-0.39, 0.29) is 16.8 Å². The highest BCUT2D eigenvalue weighted by atomic mass is 19.1. The van der Waals surface area contributed by atoms with Crippen LogP contribution in [-0.4, -0.2) is 15.1 Å². The van der Waals surface area contributed by atoms with Crippen molar-refractivity contribution in [2.75, 3.05) is 0 Å². The third-order valence-electron chi connectivity index (χ3n) is 2.91. The van der Waals surface area contributed by atoms with Gasteiger partial charge in [0.05, 0.1) is 11.1 Å². The summed E-state index contributed by atoms with van der Waals surface area (Å²) in [5.74, 6) is -1.06. The zero-order chi connectivity index (χ0) is 13.6. The largest absolute Gasteiger partial charge is 0.507 e. The second-order valence-electron chi connectivity index (χ2n) is 4.39. The van der Waals surface area contributed by atoms with Crippen LogP contribution >= 0.6 is 0 Å². The topological polar surface area (TPSA) is 48.9 Å². The molecule has 19 heavy (non-hydrogen) atoms. The van der Waals surface area contributed by atoms with Crippen molar-refractivity contribution in [2.45, 2.75) is 6.92 Å². The van der Waals surface area contributed by atoms with Crippen LogP contribution in [0.3, 0.4) is 0 Å². The first-order valence-electron chi connectivity index (χ1n) is 5.69. The Hall–Kier alpha value is -2.43. The van der Waals surface area contributed by atoms with Gasteiger partial charge in [-0.1, -0.05) is 6.07 Å². The molecule has 0 aliphatic heterocycles. The molecule has 0 spiro atoms. The molecule has 3 rings (SSSR count). The second-order valence-corrected chi connectivity index (χ2v) is 4.39. The maximum absolute atomic E-state index is 13.6. The van der Waals surface area contributed by atoms with E-state index in [9.17, 15) is 13.9 Å². The fraction of sp³-hybridized carbons (Fsp3) is 0.0714. The number of fused-ring (bicyclic) bond motifs is 1. The van der Waals surface area contributed by atoms with E-state index in [1.807, 2.05) is 6.92 Å². The maximum Gasteiger partial charge on any atom is 0.153 e. The summed E-state index contributed by atoms with van der Waals surface area (Å²) in [6.07, 6.45) is 0. The first-order valence-corrected chi connectivity index (χ1v) is 5.69. The molecule has 0 aliphatic rings. The van der Waals surface area contributed by atoms with Gasteiger partial charge in [-0.05, 0) is 30.7 Å². The Morgan fingerprint density at radius 3 is 2.68 bits per heavy atom. The van der Waals surface area contributed by atoms with E-state index < -0.39 is 11.6 Å². The number of hydrogen-bond donors (Lipinski definition) is 2. The average Bonchev–Trinajstić information content (AvgIpc) is 2.72. The summed E-state index contributed by atoms with van der Waals surface area (Å²) in [4.78, 5) is 6.86. The molecular formula is C14H10F2N2O. The van der Waals surface area contributed by atoms with Crippen LogP contribution in [-0.2, 0) is 0 Å². The van der Waals surface area contributed by atoms with E-state index in [1.165, 1.54) is 6.07 Å². The van der Waals surface area contributed by atoms with Gasteiger partial charge in [0, 0.05) is 6.07 Å². The number of phenolic OH excluding ortho intramolecular Hbond substituents is 1. The molecule has 0 radical (unpaired) electrons. The van der Waals surface area contributed by atoms with Crippen molar-refractivity contribution in [3.05, 3.63) is 47.5 Å². The number of nitrogens with zero attached hydrogens (tertiary/aromatic N) is 1. The van der Waals surface area contributed by atoms with Gasteiger partial charge in [-0.3, -0.25) is 0 Å². The Morgan fingerprint density at radius 1 is 1.16 bits per heavy atom. The lowest BCUT2D eigenvalue weighted by Crippen LogP contribution is -1.83. The van der Waals surface area contributed by atoms with Gasteiger partial charge in [0.15, 0.2) is 5.82 Å². The summed E-state index contributed by atoms with van der Waals surface area (Å²) >= 11 is 0. The van der Waals surface area contributed by atoms with Crippen molar-refractivity contribution in [1.29, 1.82) is 0 Å². The fourth-order valence-electron chi connectivity index (χ4n) is 2.01. The predicted molar refractivity (Wildman–Crippen MR) is 67.8 cm³/mol. The van der Waals surface area contributed by atoms with Crippen LogP contribution in [0.5, 0.6) is 5.75 Å². The number of imidazole rings is 1. The summed E-state index contributed by atoms with van der Waals surface area (Å²) < 4.78 is 26.7. The summed E-state index contributed by atoms with van der Waals surface area (Å²) in [7, 11) is 0. The quantitative estimate of drug-likeness (QED) is 0.703. The van der Waals surface area contributed by atoms with Gasteiger partial charge < -0.3 is 10.1 Å². The minimum absolute atomic E-state index is 0.0416. The molecule has 1 heterocycles. The van der Waals surface area contributed by atoms with E-state index in [4.69, 9.17) is 0 Å². The standard InChI is InChI=1S/C14H10F2N2O/c1-7-2-3-9(12(19)4-7)14-17-11-6-8(15)5-10(16)13(11)18-14/h2-6,19H,1H3,(H,17,18). The van der Waals surface area contributed by atoms with Gasteiger partial charge in [0.2, 0.25) is 0 Å². The van der Waals surface area contributed by atoms with Crippen molar-refractivity contribution in [2.24, 2.45) is 0 Å². The average molecular weight is 260 g/mol. The van der Waals surface area contributed by atoms with Gasteiger partial charge in [-0.2, -0.15) is 0 Å². The second kappa shape index (κ2) is 4.05. The Kier molecular flexibility index (Phi) is 2.48. The first-order chi connectivity index (χ1) is 9.04. The van der Waals surface area contributed by atoms with Crippen LogP contribution in [0.4, 0.5) is 8.78 Å². The highest BCUT2D eigenvalue weighted by molar-refractivity contribution is 5.81. The lowest BCUT2D eigenvalue weighted by atomic mass is 10.1. The molecule has 96 valence electrons. The lowest BCUT2D eigenvalue weighted by Gasteiger charge is -2.01. The molecule has 0 fully saturated rings. The predicted octanol–water partition coefficient (Wildman–Crippen LogP) is 3.52. The third-order valence-corrected chi connectivity index (χ3v) is 2.91. The van der Waals surface area contributed by atoms with Gasteiger partial charge in [-0.15, -0.1) is 0 Å². The maximum atomic E-state index is 13.6. The van der Waals surface area contributed by atoms with Gasteiger partial charge in [-0.25, -0.2) is 13.8 Å². The third kappa shape index (κ3) is 1.93. The van der Waals surface area contributed by atoms with Gasteiger partial charge in [0.25, 0.3) is 0 Å². The minimum Gasteiger partial charge on any atom is -0.507 e.